The number of hydrogen-bond acceptors (Lipinski definition) is 5. The van der Waals surface area contributed by atoms with E-state index >= 15 is 0 Å². The van der Waals surface area contributed by atoms with Crippen molar-refractivity contribution in [3.05, 3.63) is 23.8 Å². The number of hydrogen-bond donors (Lipinski definition) is 1. The van der Waals surface area contributed by atoms with Crippen molar-refractivity contribution in [1.29, 1.82) is 0 Å². The van der Waals surface area contributed by atoms with Crippen LogP contribution < -0.4 is 5.43 Å². The van der Waals surface area contributed by atoms with Gasteiger partial charge in [0.2, 0.25) is 14.9 Å². The summed E-state index contributed by atoms with van der Waals surface area (Å²) >= 11 is 0. The fourth-order valence-corrected chi connectivity index (χ4v) is 4.01. The van der Waals surface area contributed by atoms with E-state index in [0.29, 0.717) is 18.8 Å². The third-order valence-electron chi connectivity index (χ3n) is 3.78. The molecule has 2 heterocycles. The highest BCUT2D eigenvalue weighted by atomic mass is 32.2. The predicted octanol–water partition coefficient (Wildman–Crippen LogP) is 1.52. The number of piperidine rings is 1. The molecule has 1 amide bonds. The van der Waals surface area contributed by atoms with Crippen LogP contribution in [0.15, 0.2) is 28.2 Å². The first-order chi connectivity index (χ1) is 10.00. The Morgan fingerprint density at radius 1 is 1.24 bits per heavy atom. The molecule has 1 saturated heterocycles. The van der Waals surface area contributed by atoms with Crippen LogP contribution in [0.3, 0.4) is 0 Å². The molecule has 0 saturated carbocycles. The van der Waals surface area contributed by atoms with Gasteiger partial charge < -0.3 is 4.90 Å². The lowest BCUT2D eigenvalue weighted by Gasteiger charge is -2.28. The average Bonchev–Trinajstić information content (AvgIpc) is 2.47. The Hall–Kier alpha value is -1.89. The van der Waals surface area contributed by atoms with Crippen molar-refractivity contribution in [3.8, 4) is 0 Å². The highest BCUT2D eigenvalue weighted by Crippen LogP contribution is 2.29. The topological polar surface area (TPSA) is 78.8 Å². The maximum atomic E-state index is 12.6. The first-order valence-corrected chi connectivity index (χ1v) is 8.47. The van der Waals surface area contributed by atoms with Gasteiger partial charge in [0, 0.05) is 13.1 Å². The van der Waals surface area contributed by atoms with Gasteiger partial charge in [-0.15, -0.1) is 0 Å². The van der Waals surface area contributed by atoms with E-state index in [2.05, 4.69) is 10.5 Å². The Kier molecular flexibility index (Phi) is 3.44. The van der Waals surface area contributed by atoms with Crippen molar-refractivity contribution in [1.82, 2.24) is 4.90 Å². The Balaban J connectivity index is 1.96. The van der Waals surface area contributed by atoms with E-state index in [4.69, 9.17) is 0 Å². The number of anilines is 1. The largest absolute Gasteiger partial charge is 0.337 e. The van der Waals surface area contributed by atoms with Crippen LogP contribution >= 0.6 is 0 Å². The molecule has 2 aliphatic rings. The van der Waals surface area contributed by atoms with E-state index < -0.39 is 20.8 Å². The summed E-state index contributed by atoms with van der Waals surface area (Å²) in [5.41, 5.74) is 4.04. The summed E-state index contributed by atoms with van der Waals surface area (Å²) in [6, 6.07) is 4.94. The maximum absolute atomic E-state index is 12.6. The van der Waals surface area contributed by atoms with Crippen molar-refractivity contribution in [2.24, 2.45) is 5.10 Å². The molecule has 1 aromatic rings. The first kappa shape index (κ1) is 14.1. The van der Waals surface area contributed by atoms with Crippen LogP contribution in [0.5, 0.6) is 0 Å². The number of likely N-dealkylation sites (tertiary alicyclic amines) is 1. The number of carbonyl (C=O) groups is 1. The molecular weight excluding hydrogens is 290 g/mol. The molecule has 0 radical (unpaired) electrons. The molecule has 0 spiro atoms. The monoisotopic (exact) mass is 307 g/mol. The van der Waals surface area contributed by atoms with Crippen molar-refractivity contribution in [2.75, 3.05) is 18.5 Å². The standard InChI is InChI=1S/C14H17N3O3S/c1-10-5-6-12-11(9-10)15-16-13(21(12,19)20)14(18)17-7-3-2-4-8-17/h5-6,9,15H,2-4,7-8H2,1H3. The number of nitrogens with one attached hydrogen (secondary N) is 1. The van der Waals surface area contributed by atoms with E-state index in [-0.39, 0.29) is 4.90 Å². The van der Waals surface area contributed by atoms with Gasteiger partial charge in [-0.05, 0) is 43.9 Å². The van der Waals surface area contributed by atoms with Crippen molar-refractivity contribution >= 4 is 26.5 Å². The molecule has 2 aliphatic heterocycles. The van der Waals surface area contributed by atoms with Gasteiger partial charge >= 0.3 is 0 Å². The summed E-state index contributed by atoms with van der Waals surface area (Å²) in [5.74, 6) is -0.506. The molecule has 0 unspecified atom stereocenters. The summed E-state index contributed by atoms with van der Waals surface area (Å²) in [4.78, 5) is 14.1. The lowest BCUT2D eigenvalue weighted by atomic mass is 10.1. The van der Waals surface area contributed by atoms with Gasteiger partial charge in [-0.3, -0.25) is 10.2 Å². The van der Waals surface area contributed by atoms with Gasteiger partial charge in [-0.2, -0.15) is 5.10 Å². The summed E-state index contributed by atoms with van der Waals surface area (Å²) in [7, 11) is -3.85. The van der Waals surface area contributed by atoms with E-state index in [0.717, 1.165) is 24.8 Å². The van der Waals surface area contributed by atoms with E-state index in [1.807, 2.05) is 6.92 Å². The van der Waals surface area contributed by atoms with Crippen LogP contribution in [-0.4, -0.2) is 37.4 Å². The molecule has 0 aliphatic carbocycles. The SMILES string of the molecule is Cc1ccc2c(c1)NN=C(C(=O)N1CCCCC1)S2(=O)=O. The molecule has 112 valence electrons. The fourth-order valence-electron chi connectivity index (χ4n) is 2.64. The molecule has 3 rings (SSSR count). The highest BCUT2D eigenvalue weighted by Gasteiger charge is 2.37. The lowest BCUT2D eigenvalue weighted by Crippen LogP contribution is -2.44. The molecule has 1 fully saturated rings. The fraction of sp³-hybridized carbons (Fsp3) is 0.429. The van der Waals surface area contributed by atoms with Gasteiger partial charge in [0.25, 0.3) is 5.91 Å². The highest BCUT2D eigenvalue weighted by molar-refractivity contribution is 8.08. The number of benzene rings is 1. The Labute approximate surface area is 123 Å². The summed E-state index contributed by atoms with van der Waals surface area (Å²) in [6.45, 7) is 3.05. The van der Waals surface area contributed by atoms with Crippen LogP contribution in [0.25, 0.3) is 0 Å². The molecule has 1 aromatic carbocycles. The molecule has 0 bridgehead atoms. The van der Waals surface area contributed by atoms with E-state index in [1.54, 1.807) is 17.0 Å². The Bertz CT molecular complexity index is 719. The van der Waals surface area contributed by atoms with Gasteiger partial charge in [-0.25, -0.2) is 8.42 Å². The normalized spacial score (nSPS) is 20.2. The van der Waals surface area contributed by atoms with Crippen molar-refractivity contribution < 1.29 is 13.2 Å². The number of rotatable bonds is 1. The van der Waals surface area contributed by atoms with Crippen molar-refractivity contribution in [3.63, 3.8) is 0 Å². The van der Waals surface area contributed by atoms with Crippen molar-refractivity contribution in [2.45, 2.75) is 31.1 Å². The van der Waals surface area contributed by atoms with Gasteiger partial charge in [0.05, 0.1) is 10.6 Å². The molecule has 6 nitrogen and oxygen atoms in total. The quantitative estimate of drug-likeness (QED) is 0.853. The minimum Gasteiger partial charge on any atom is -0.337 e. The second-order valence-electron chi connectivity index (χ2n) is 5.38. The van der Waals surface area contributed by atoms with Gasteiger partial charge in [0.15, 0.2) is 0 Å². The summed E-state index contributed by atoms with van der Waals surface area (Å²) < 4.78 is 25.2. The molecular formula is C14H17N3O3S. The van der Waals surface area contributed by atoms with Crippen LogP contribution in [0, 0.1) is 6.92 Å². The predicted molar refractivity (Wildman–Crippen MR) is 79.9 cm³/mol. The number of sulfone groups is 1. The summed E-state index contributed by atoms with van der Waals surface area (Å²) in [5, 5.41) is 3.43. The van der Waals surface area contributed by atoms with Gasteiger partial charge in [-0.1, -0.05) is 6.07 Å². The Morgan fingerprint density at radius 3 is 2.67 bits per heavy atom. The zero-order valence-corrected chi connectivity index (χ0v) is 12.6. The molecule has 1 N–H and O–H groups in total. The second-order valence-corrected chi connectivity index (χ2v) is 7.22. The second kappa shape index (κ2) is 5.14. The van der Waals surface area contributed by atoms with Gasteiger partial charge in [0.1, 0.15) is 0 Å². The number of hydrazone groups is 1. The zero-order chi connectivity index (χ0) is 15.0. The first-order valence-electron chi connectivity index (χ1n) is 6.99. The van der Waals surface area contributed by atoms with Crippen LogP contribution in [0.2, 0.25) is 0 Å². The number of aryl methyl sites for hydroxylation is 1. The number of fused-ring (bicyclic) bond motifs is 1. The summed E-state index contributed by atoms with van der Waals surface area (Å²) in [6.07, 6.45) is 2.88. The van der Waals surface area contributed by atoms with Crippen LogP contribution in [0.4, 0.5) is 5.69 Å². The molecule has 0 atom stereocenters. The molecule has 21 heavy (non-hydrogen) atoms. The smallest absolute Gasteiger partial charge is 0.286 e. The average molecular weight is 307 g/mol. The minimum absolute atomic E-state index is 0.114. The van der Waals surface area contributed by atoms with E-state index in [9.17, 15) is 13.2 Å². The third-order valence-corrected chi connectivity index (χ3v) is 5.49. The Morgan fingerprint density at radius 2 is 1.95 bits per heavy atom. The number of amides is 1. The lowest BCUT2D eigenvalue weighted by molar-refractivity contribution is -0.124. The minimum atomic E-state index is -3.85. The maximum Gasteiger partial charge on any atom is 0.286 e. The molecule has 7 heteroatoms. The van der Waals surface area contributed by atoms with Crippen LogP contribution in [0.1, 0.15) is 24.8 Å². The number of carbonyl (C=O) groups excluding carboxylic acids is 1. The third kappa shape index (κ3) is 2.42. The van der Waals surface area contributed by atoms with E-state index in [1.165, 1.54) is 6.07 Å². The molecule has 0 aromatic heterocycles. The number of nitrogens with zero attached hydrogens (tertiary/aromatic N) is 2. The van der Waals surface area contributed by atoms with Crippen LogP contribution in [-0.2, 0) is 14.6 Å². The zero-order valence-electron chi connectivity index (χ0n) is 11.8.